The topological polar surface area (TPSA) is 76.3 Å². The first kappa shape index (κ1) is 13.7. The molecule has 1 atom stereocenters. The van der Waals surface area contributed by atoms with Crippen LogP contribution in [0.1, 0.15) is 56.2 Å². The van der Waals surface area contributed by atoms with Gasteiger partial charge in [0.15, 0.2) is 5.82 Å². The molecule has 0 aromatic carbocycles. The molecule has 1 aliphatic heterocycles. The Bertz CT molecular complexity index is 619. The molecule has 0 radical (unpaired) electrons. The second-order valence-corrected chi connectivity index (χ2v) is 8.85. The first-order valence-corrected chi connectivity index (χ1v) is 9.44. The highest BCUT2D eigenvalue weighted by atomic mass is 32.2. The summed E-state index contributed by atoms with van der Waals surface area (Å²) in [5.74, 6) is 2.32. The monoisotopic (exact) mass is 311 g/mol. The van der Waals surface area contributed by atoms with Gasteiger partial charge >= 0.3 is 0 Å². The summed E-state index contributed by atoms with van der Waals surface area (Å²) in [6.45, 7) is 1.28. The molecule has 21 heavy (non-hydrogen) atoms. The number of rotatable bonds is 5. The van der Waals surface area contributed by atoms with Gasteiger partial charge in [0.1, 0.15) is 0 Å². The number of nitrogens with zero attached hydrogens (tertiary/aromatic N) is 3. The Kier molecular flexibility index (Phi) is 3.29. The summed E-state index contributed by atoms with van der Waals surface area (Å²) >= 11 is 0. The van der Waals surface area contributed by atoms with E-state index < -0.39 is 10.0 Å². The standard InChI is InChI=1S/C14H21N3O3S/c18-21(19,12-5-6-12)17-7-1-2-10(9-17)8-13-15-14(16-20-13)11-3-4-11/h10-12H,1-9H2. The van der Waals surface area contributed by atoms with Crippen molar-refractivity contribution in [3.05, 3.63) is 11.7 Å². The number of sulfonamides is 1. The van der Waals surface area contributed by atoms with E-state index in [2.05, 4.69) is 10.1 Å². The van der Waals surface area contributed by atoms with Gasteiger partial charge in [0, 0.05) is 25.4 Å². The first-order chi connectivity index (χ1) is 10.1. The Morgan fingerprint density at radius 3 is 2.71 bits per heavy atom. The van der Waals surface area contributed by atoms with E-state index in [0.29, 0.717) is 37.2 Å². The number of aromatic nitrogens is 2. The Labute approximate surface area is 124 Å². The molecule has 6 nitrogen and oxygen atoms in total. The fourth-order valence-corrected chi connectivity index (χ4v) is 5.06. The predicted molar refractivity (Wildman–Crippen MR) is 76.2 cm³/mol. The number of piperidine rings is 1. The van der Waals surface area contributed by atoms with Crippen LogP contribution in [0, 0.1) is 5.92 Å². The molecule has 4 rings (SSSR count). The number of hydrogen-bond donors (Lipinski definition) is 0. The van der Waals surface area contributed by atoms with E-state index in [-0.39, 0.29) is 5.25 Å². The van der Waals surface area contributed by atoms with Crippen molar-refractivity contribution < 1.29 is 12.9 Å². The highest BCUT2D eigenvalue weighted by molar-refractivity contribution is 7.90. The Morgan fingerprint density at radius 1 is 1.19 bits per heavy atom. The van der Waals surface area contributed by atoms with Crippen LogP contribution in [0.25, 0.3) is 0 Å². The van der Waals surface area contributed by atoms with Gasteiger partial charge in [-0.25, -0.2) is 12.7 Å². The Morgan fingerprint density at radius 2 is 2.00 bits per heavy atom. The lowest BCUT2D eigenvalue weighted by Crippen LogP contribution is -2.42. The average molecular weight is 311 g/mol. The lowest BCUT2D eigenvalue weighted by atomic mass is 9.96. The van der Waals surface area contributed by atoms with Gasteiger partial charge in [0.2, 0.25) is 15.9 Å². The van der Waals surface area contributed by atoms with Crippen molar-refractivity contribution in [1.82, 2.24) is 14.4 Å². The molecule has 1 saturated heterocycles. The van der Waals surface area contributed by atoms with Gasteiger partial charge in [0.05, 0.1) is 5.25 Å². The average Bonchev–Trinajstić information content (AvgIpc) is 3.37. The summed E-state index contributed by atoms with van der Waals surface area (Å²) in [7, 11) is -3.05. The lowest BCUT2D eigenvalue weighted by molar-refractivity contribution is 0.246. The van der Waals surface area contributed by atoms with E-state index in [1.165, 1.54) is 0 Å². The van der Waals surface area contributed by atoms with Crippen molar-refractivity contribution in [3.8, 4) is 0 Å². The molecule has 2 aliphatic carbocycles. The summed E-state index contributed by atoms with van der Waals surface area (Å²) in [6, 6.07) is 0. The SMILES string of the molecule is O=S(=O)(C1CC1)N1CCCC(Cc2nc(C3CC3)no2)C1. The van der Waals surface area contributed by atoms with Crippen LogP contribution in [0.2, 0.25) is 0 Å². The third-order valence-corrected chi connectivity index (χ3v) is 7.04. The van der Waals surface area contributed by atoms with Crippen LogP contribution in [0.3, 0.4) is 0 Å². The van der Waals surface area contributed by atoms with E-state index in [1.807, 2.05) is 0 Å². The molecule has 0 amide bonds. The Hall–Kier alpha value is -0.950. The molecule has 0 spiro atoms. The molecule has 1 unspecified atom stereocenters. The quantitative estimate of drug-likeness (QED) is 0.827. The third-order valence-electron chi connectivity index (χ3n) is 4.68. The van der Waals surface area contributed by atoms with E-state index >= 15 is 0 Å². The molecule has 1 aromatic heterocycles. The van der Waals surface area contributed by atoms with E-state index in [9.17, 15) is 8.42 Å². The van der Waals surface area contributed by atoms with Gasteiger partial charge < -0.3 is 4.52 Å². The summed E-state index contributed by atoms with van der Waals surface area (Å²) in [4.78, 5) is 4.46. The van der Waals surface area contributed by atoms with Crippen molar-refractivity contribution in [2.24, 2.45) is 5.92 Å². The minimum absolute atomic E-state index is 0.110. The van der Waals surface area contributed by atoms with E-state index in [0.717, 1.165) is 44.3 Å². The van der Waals surface area contributed by atoms with Crippen LogP contribution >= 0.6 is 0 Å². The lowest BCUT2D eigenvalue weighted by Gasteiger charge is -2.31. The van der Waals surface area contributed by atoms with Crippen molar-refractivity contribution in [3.63, 3.8) is 0 Å². The minimum Gasteiger partial charge on any atom is -0.339 e. The summed E-state index contributed by atoms with van der Waals surface area (Å²) in [6.07, 6.45) is 6.66. The summed E-state index contributed by atoms with van der Waals surface area (Å²) < 4.78 is 31.7. The van der Waals surface area contributed by atoms with Crippen molar-refractivity contribution in [2.75, 3.05) is 13.1 Å². The maximum Gasteiger partial charge on any atom is 0.226 e. The third kappa shape index (κ3) is 2.85. The van der Waals surface area contributed by atoms with Crippen LogP contribution in [-0.2, 0) is 16.4 Å². The van der Waals surface area contributed by atoms with Crippen LogP contribution < -0.4 is 0 Å². The molecule has 0 bridgehead atoms. The van der Waals surface area contributed by atoms with Gasteiger partial charge in [0.25, 0.3) is 0 Å². The number of hydrogen-bond acceptors (Lipinski definition) is 5. The fraction of sp³-hybridized carbons (Fsp3) is 0.857. The minimum atomic E-state index is -3.05. The van der Waals surface area contributed by atoms with Gasteiger partial charge in [-0.3, -0.25) is 0 Å². The van der Waals surface area contributed by atoms with E-state index in [1.54, 1.807) is 4.31 Å². The molecular formula is C14H21N3O3S. The summed E-state index contributed by atoms with van der Waals surface area (Å²) in [5.41, 5.74) is 0. The molecule has 1 aromatic rings. The van der Waals surface area contributed by atoms with Crippen LogP contribution in [0.5, 0.6) is 0 Å². The van der Waals surface area contributed by atoms with Crippen molar-refractivity contribution in [1.29, 1.82) is 0 Å². The second-order valence-electron chi connectivity index (χ2n) is 6.64. The van der Waals surface area contributed by atoms with Crippen molar-refractivity contribution in [2.45, 2.75) is 56.1 Å². The maximum atomic E-state index is 12.3. The van der Waals surface area contributed by atoms with Crippen LogP contribution in [-0.4, -0.2) is 41.2 Å². The Balaban J connectivity index is 1.40. The zero-order valence-electron chi connectivity index (χ0n) is 12.1. The zero-order valence-corrected chi connectivity index (χ0v) is 12.9. The molecular weight excluding hydrogens is 290 g/mol. The van der Waals surface area contributed by atoms with Gasteiger partial charge in [-0.05, 0) is 44.4 Å². The molecule has 2 heterocycles. The molecule has 0 N–H and O–H groups in total. The normalized spacial score (nSPS) is 27.9. The van der Waals surface area contributed by atoms with E-state index in [4.69, 9.17) is 4.52 Å². The maximum absolute atomic E-state index is 12.3. The fourth-order valence-electron chi connectivity index (χ4n) is 3.11. The highest BCUT2D eigenvalue weighted by Crippen LogP contribution is 2.38. The highest BCUT2D eigenvalue weighted by Gasteiger charge is 2.41. The zero-order chi connectivity index (χ0) is 14.4. The van der Waals surface area contributed by atoms with Gasteiger partial charge in [-0.1, -0.05) is 5.16 Å². The largest absolute Gasteiger partial charge is 0.339 e. The van der Waals surface area contributed by atoms with Crippen LogP contribution in [0.4, 0.5) is 0 Å². The first-order valence-electron chi connectivity index (χ1n) is 7.94. The smallest absolute Gasteiger partial charge is 0.226 e. The summed E-state index contributed by atoms with van der Waals surface area (Å²) in [5, 5.41) is 3.92. The molecule has 2 saturated carbocycles. The van der Waals surface area contributed by atoms with Crippen molar-refractivity contribution >= 4 is 10.0 Å². The van der Waals surface area contributed by atoms with Gasteiger partial charge in [-0.2, -0.15) is 4.98 Å². The van der Waals surface area contributed by atoms with Crippen LogP contribution in [0.15, 0.2) is 4.52 Å². The molecule has 3 aliphatic rings. The molecule has 7 heteroatoms. The molecule has 3 fully saturated rings. The van der Waals surface area contributed by atoms with Gasteiger partial charge in [-0.15, -0.1) is 0 Å². The molecule has 116 valence electrons. The second kappa shape index (κ2) is 5.05. The predicted octanol–water partition coefficient (Wildman–Crippen LogP) is 1.69.